The molecule has 0 aliphatic carbocycles. The molecule has 2 saturated heterocycles. The SMILES string of the molecule is O=S1(=O)CC[C@@H](N(C[C@@H]2CCCO2)C[C@@H](O)c2ccc(Cl)cc2)C1. The lowest BCUT2D eigenvalue weighted by atomic mass is 10.1. The van der Waals surface area contributed by atoms with Crippen molar-refractivity contribution in [3.63, 3.8) is 0 Å². The lowest BCUT2D eigenvalue weighted by Crippen LogP contribution is -2.43. The molecule has 1 aromatic rings. The number of hydrogen-bond donors (Lipinski definition) is 1. The number of aliphatic hydroxyl groups is 1. The Morgan fingerprint density at radius 2 is 2.04 bits per heavy atom. The maximum absolute atomic E-state index is 11.8. The van der Waals surface area contributed by atoms with E-state index >= 15 is 0 Å². The zero-order chi connectivity index (χ0) is 17.2. The quantitative estimate of drug-likeness (QED) is 0.826. The van der Waals surface area contributed by atoms with Gasteiger partial charge in [0.05, 0.1) is 23.7 Å². The lowest BCUT2D eigenvalue weighted by Gasteiger charge is -2.32. The van der Waals surface area contributed by atoms with Crippen molar-refractivity contribution in [3.05, 3.63) is 34.9 Å². The molecule has 1 N–H and O–H groups in total. The highest BCUT2D eigenvalue weighted by molar-refractivity contribution is 7.91. The standard InChI is InChI=1S/C17H24ClNO4S/c18-14-5-3-13(4-6-14)17(20)11-19(10-16-2-1-8-23-16)15-7-9-24(21,22)12-15/h3-6,15-17,20H,1-2,7-12H2/t15-,16+,17-/m1/s1. The number of nitrogens with zero attached hydrogens (tertiary/aromatic N) is 1. The molecule has 2 aliphatic rings. The van der Waals surface area contributed by atoms with Crippen molar-refractivity contribution < 1.29 is 18.3 Å². The Labute approximate surface area is 148 Å². The summed E-state index contributed by atoms with van der Waals surface area (Å²) in [6, 6.07) is 7.08. The first kappa shape index (κ1) is 18.1. The maximum atomic E-state index is 11.8. The van der Waals surface area contributed by atoms with Crippen LogP contribution in [0.4, 0.5) is 0 Å². The minimum absolute atomic E-state index is 0.0406. The van der Waals surface area contributed by atoms with Crippen molar-refractivity contribution in [2.45, 2.75) is 37.5 Å². The Balaban J connectivity index is 1.69. The Morgan fingerprint density at radius 1 is 1.29 bits per heavy atom. The topological polar surface area (TPSA) is 66.8 Å². The van der Waals surface area contributed by atoms with Crippen LogP contribution in [0.5, 0.6) is 0 Å². The fourth-order valence-electron chi connectivity index (χ4n) is 3.50. The minimum atomic E-state index is -2.96. The van der Waals surface area contributed by atoms with Gasteiger partial charge in [0, 0.05) is 30.8 Å². The van der Waals surface area contributed by atoms with Gasteiger partial charge < -0.3 is 9.84 Å². The summed E-state index contributed by atoms with van der Waals surface area (Å²) in [6.07, 6.45) is 2.12. The smallest absolute Gasteiger partial charge is 0.151 e. The van der Waals surface area contributed by atoms with Crippen molar-refractivity contribution in [1.82, 2.24) is 4.90 Å². The highest BCUT2D eigenvalue weighted by atomic mass is 35.5. The van der Waals surface area contributed by atoms with E-state index in [1.165, 1.54) is 0 Å². The molecule has 0 radical (unpaired) electrons. The fourth-order valence-corrected chi connectivity index (χ4v) is 5.39. The minimum Gasteiger partial charge on any atom is -0.387 e. The van der Waals surface area contributed by atoms with Gasteiger partial charge in [-0.15, -0.1) is 0 Å². The molecule has 24 heavy (non-hydrogen) atoms. The van der Waals surface area contributed by atoms with Crippen molar-refractivity contribution in [2.75, 3.05) is 31.2 Å². The van der Waals surface area contributed by atoms with E-state index in [1.807, 2.05) is 12.1 Å². The summed E-state index contributed by atoms with van der Waals surface area (Å²) in [5.41, 5.74) is 0.789. The summed E-state index contributed by atoms with van der Waals surface area (Å²) in [4.78, 5) is 2.10. The summed E-state index contributed by atoms with van der Waals surface area (Å²) in [5, 5.41) is 11.2. The van der Waals surface area contributed by atoms with E-state index in [0.29, 0.717) is 24.5 Å². The number of benzene rings is 1. The van der Waals surface area contributed by atoms with E-state index in [2.05, 4.69) is 4.90 Å². The molecule has 0 amide bonds. The van der Waals surface area contributed by atoms with E-state index in [9.17, 15) is 13.5 Å². The average Bonchev–Trinajstić information content (AvgIpc) is 3.16. The Hall–Kier alpha value is -0.660. The average molecular weight is 374 g/mol. The molecule has 3 atom stereocenters. The van der Waals surface area contributed by atoms with Crippen molar-refractivity contribution in [2.24, 2.45) is 0 Å². The number of sulfone groups is 1. The molecule has 0 unspecified atom stereocenters. The van der Waals surface area contributed by atoms with Crippen LogP contribution in [-0.4, -0.2) is 61.8 Å². The van der Waals surface area contributed by atoms with Crippen molar-refractivity contribution >= 4 is 21.4 Å². The molecule has 2 aliphatic heterocycles. The number of ether oxygens (including phenoxy) is 1. The van der Waals surface area contributed by atoms with Crippen LogP contribution in [0.2, 0.25) is 5.02 Å². The van der Waals surface area contributed by atoms with Gasteiger partial charge in [-0.1, -0.05) is 23.7 Å². The van der Waals surface area contributed by atoms with Crippen LogP contribution in [0.3, 0.4) is 0 Å². The molecular weight excluding hydrogens is 350 g/mol. The molecule has 7 heteroatoms. The Bertz CT molecular complexity index is 643. The van der Waals surface area contributed by atoms with Crippen LogP contribution >= 0.6 is 11.6 Å². The normalized spacial score (nSPS) is 27.6. The van der Waals surface area contributed by atoms with Gasteiger partial charge in [-0.05, 0) is 37.0 Å². The number of halogens is 1. The zero-order valence-corrected chi connectivity index (χ0v) is 15.2. The molecule has 0 aromatic heterocycles. The van der Waals surface area contributed by atoms with Crippen LogP contribution < -0.4 is 0 Å². The van der Waals surface area contributed by atoms with Crippen LogP contribution in [0.25, 0.3) is 0 Å². The van der Waals surface area contributed by atoms with Crippen LogP contribution in [0.1, 0.15) is 30.9 Å². The van der Waals surface area contributed by atoms with Gasteiger partial charge in [0.15, 0.2) is 9.84 Å². The van der Waals surface area contributed by atoms with Crippen molar-refractivity contribution in [1.29, 1.82) is 0 Å². The van der Waals surface area contributed by atoms with Crippen LogP contribution in [0, 0.1) is 0 Å². The first-order chi connectivity index (χ1) is 11.4. The van der Waals surface area contributed by atoms with Gasteiger partial charge in [0.1, 0.15) is 0 Å². The highest BCUT2D eigenvalue weighted by Gasteiger charge is 2.34. The third-order valence-corrected chi connectivity index (χ3v) is 6.85. The van der Waals surface area contributed by atoms with Crippen LogP contribution in [-0.2, 0) is 14.6 Å². The molecule has 134 valence electrons. The second kappa shape index (κ2) is 7.70. The third kappa shape index (κ3) is 4.70. The molecule has 2 heterocycles. The zero-order valence-electron chi connectivity index (χ0n) is 13.6. The predicted molar refractivity (Wildman–Crippen MR) is 94.0 cm³/mol. The molecule has 5 nitrogen and oxygen atoms in total. The molecule has 0 spiro atoms. The summed E-state index contributed by atoms with van der Waals surface area (Å²) >= 11 is 5.90. The van der Waals surface area contributed by atoms with E-state index in [4.69, 9.17) is 16.3 Å². The summed E-state index contributed by atoms with van der Waals surface area (Å²) in [6.45, 7) is 1.84. The second-order valence-corrected chi connectivity index (χ2v) is 9.38. The van der Waals surface area contributed by atoms with Crippen molar-refractivity contribution in [3.8, 4) is 0 Å². The first-order valence-electron chi connectivity index (χ1n) is 8.42. The van der Waals surface area contributed by atoms with Gasteiger partial charge in [-0.2, -0.15) is 0 Å². The monoisotopic (exact) mass is 373 g/mol. The number of aliphatic hydroxyl groups excluding tert-OH is 1. The van der Waals surface area contributed by atoms with Gasteiger partial charge in [-0.3, -0.25) is 4.90 Å². The predicted octanol–water partition coefficient (Wildman–Crippen LogP) is 2.04. The highest BCUT2D eigenvalue weighted by Crippen LogP contribution is 2.25. The molecular formula is C17H24ClNO4S. The molecule has 1 aromatic carbocycles. The Morgan fingerprint density at radius 3 is 2.62 bits per heavy atom. The summed E-state index contributed by atoms with van der Waals surface area (Å²) in [5.74, 6) is 0.407. The maximum Gasteiger partial charge on any atom is 0.151 e. The van der Waals surface area contributed by atoms with E-state index in [-0.39, 0.29) is 23.7 Å². The molecule has 2 fully saturated rings. The van der Waals surface area contributed by atoms with Gasteiger partial charge in [0.25, 0.3) is 0 Å². The largest absolute Gasteiger partial charge is 0.387 e. The molecule has 0 saturated carbocycles. The van der Waals surface area contributed by atoms with Gasteiger partial charge in [0.2, 0.25) is 0 Å². The lowest BCUT2D eigenvalue weighted by molar-refractivity contribution is 0.0343. The van der Waals surface area contributed by atoms with E-state index < -0.39 is 15.9 Å². The molecule has 0 bridgehead atoms. The van der Waals surface area contributed by atoms with Gasteiger partial charge in [-0.25, -0.2) is 8.42 Å². The second-order valence-electron chi connectivity index (χ2n) is 6.71. The number of hydrogen-bond acceptors (Lipinski definition) is 5. The fraction of sp³-hybridized carbons (Fsp3) is 0.647. The van der Waals surface area contributed by atoms with Crippen LogP contribution in [0.15, 0.2) is 24.3 Å². The molecule has 3 rings (SSSR count). The van der Waals surface area contributed by atoms with Gasteiger partial charge >= 0.3 is 0 Å². The number of rotatable bonds is 6. The Kier molecular flexibility index (Phi) is 5.82. The third-order valence-electron chi connectivity index (χ3n) is 4.85. The first-order valence-corrected chi connectivity index (χ1v) is 10.6. The summed E-state index contributed by atoms with van der Waals surface area (Å²) in [7, 11) is -2.96. The van der Waals surface area contributed by atoms with E-state index in [0.717, 1.165) is 25.0 Å². The summed E-state index contributed by atoms with van der Waals surface area (Å²) < 4.78 is 29.4. The van der Waals surface area contributed by atoms with E-state index in [1.54, 1.807) is 12.1 Å².